The molecule has 2 atom stereocenters. The maximum atomic E-state index is 13.3. The minimum absolute atomic E-state index is 0.0636. The number of piperidine rings is 1. The van der Waals surface area contributed by atoms with Crippen molar-refractivity contribution in [1.82, 2.24) is 14.0 Å². The molecule has 1 aromatic heterocycles. The number of aliphatic hydroxyl groups is 2. The van der Waals surface area contributed by atoms with E-state index in [1.165, 1.54) is 45.1 Å². The zero-order valence-corrected chi connectivity index (χ0v) is 17.9. The Hall–Kier alpha value is -1.63. The van der Waals surface area contributed by atoms with Crippen LogP contribution in [0.15, 0.2) is 29.1 Å². The molecular formula is C24H35N3O3. The van der Waals surface area contributed by atoms with E-state index in [9.17, 15) is 15.0 Å². The highest BCUT2D eigenvalue weighted by Gasteiger charge is 2.50. The molecule has 2 heterocycles. The van der Waals surface area contributed by atoms with E-state index in [0.29, 0.717) is 5.41 Å². The summed E-state index contributed by atoms with van der Waals surface area (Å²) in [6.45, 7) is 3.15. The predicted molar refractivity (Wildman–Crippen MR) is 118 cm³/mol. The maximum absolute atomic E-state index is 13.3. The van der Waals surface area contributed by atoms with Gasteiger partial charge in [-0.3, -0.25) is 9.13 Å². The number of aromatic nitrogens is 2. The molecule has 6 heteroatoms. The molecule has 0 bridgehead atoms. The van der Waals surface area contributed by atoms with Gasteiger partial charge in [0.25, 0.3) is 0 Å². The van der Waals surface area contributed by atoms with Crippen molar-refractivity contribution in [3.05, 3.63) is 34.7 Å². The second-order valence-corrected chi connectivity index (χ2v) is 9.93. The molecule has 1 aliphatic heterocycles. The lowest BCUT2D eigenvalue weighted by Crippen LogP contribution is -2.42. The Labute approximate surface area is 178 Å². The highest BCUT2D eigenvalue weighted by molar-refractivity contribution is 5.76. The van der Waals surface area contributed by atoms with Gasteiger partial charge in [0.15, 0.2) is 0 Å². The highest BCUT2D eigenvalue weighted by atomic mass is 16.3. The normalized spacial score (nSPS) is 25.7. The van der Waals surface area contributed by atoms with Crippen molar-refractivity contribution in [3.8, 4) is 0 Å². The number of hydrogen-bond donors (Lipinski definition) is 2. The van der Waals surface area contributed by atoms with Crippen LogP contribution in [0.3, 0.4) is 0 Å². The van der Waals surface area contributed by atoms with Crippen LogP contribution in [0.4, 0.5) is 0 Å². The summed E-state index contributed by atoms with van der Waals surface area (Å²) in [5.41, 5.74) is 2.41. The van der Waals surface area contributed by atoms with Gasteiger partial charge in [0.05, 0.1) is 30.3 Å². The third kappa shape index (κ3) is 3.63. The summed E-state index contributed by atoms with van der Waals surface area (Å²) in [4.78, 5) is 15.9. The monoisotopic (exact) mass is 413 g/mol. The Kier molecular flexibility index (Phi) is 5.50. The number of benzene rings is 1. The van der Waals surface area contributed by atoms with Crippen molar-refractivity contribution >= 4 is 11.0 Å². The number of rotatable bonds is 6. The van der Waals surface area contributed by atoms with Crippen LogP contribution in [0.25, 0.3) is 11.0 Å². The van der Waals surface area contributed by atoms with Crippen molar-refractivity contribution in [1.29, 1.82) is 0 Å². The van der Waals surface area contributed by atoms with Gasteiger partial charge in [-0.1, -0.05) is 25.0 Å². The second-order valence-electron chi connectivity index (χ2n) is 9.93. The largest absolute Gasteiger partial charge is 0.394 e. The molecule has 2 aliphatic carbocycles. The van der Waals surface area contributed by atoms with E-state index < -0.39 is 6.10 Å². The molecule has 6 nitrogen and oxygen atoms in total. The number of imidazole rings is 1. The summed E-state index contributed by atoms with van der Waals surface area (Å²) in [5, 5.41) is 19.2. The van der Waals surface area contributed by atoms with Gasteiger partial charge >= 0.3 is 5.69 Å². The van der Waals surface area contributed by atoms with E-state index in [0.717, 1.165) is 42.9 Å². The minimum atomic E-state index is -0.922. The molecule has 1 aromatic carbocycles. The average molecular weight is 414 g/mol. The topological polar surface area (TPSA) is 70.6 Å². The van der Waals surface area contributed by atoms with Gasteiger partial charge in [-0.15, -0.1) is 0 Å². The van der Waals surface area contributed by atoms with E-state index in [-0.39, 0.29) is 24.9 Å². The van der Waals surface area contributed by atoms with Gasteiger partial charge in [0.1, 0.15) is 0 Å². The summed E-state index contributed by atoms with van der Waals surface area (Å²) in [6, 6.07) is 8.04. The zero-order valence-electron chi connectivity index (χ0n) is 17.9. The molecule has 2 aromatic rings. The SMILES string of the molecule is O=c1n(C[C@H](O)CO)c2ccccc2n1C1CCN(C[C@@H]2CCCCC23CC3)CC1. The molecule has 1 spiro atoms. The summed E-state index contributed by atoms with van der Waals surface area (Å²) < 4.78 is 3.57. The number of nitrogens with zero attached hydrogens (tertiary/aromatic N) is 3. The smallest absolute Gasteiger partial charge is 0.329 e. The first-order valence-corrected chi connectivity index (χ1v) is 11.8. The van der Waals surface area contributed by atoms with E-state index in [2.05, 4.69) is 4.90 Å². The molecule has 164 valence electrons. The van der Waals surface area contributed by atoms with E-state index >= 15 is 0 Å². The highest BCUT2D eigenvalue weighted by Crippen LogP contribution is 2.59. The molecule has 30 heavy (non-hydrogen) atoms. The Morgan fingerprint density at radius 3 is 2.47 bits per heavy atom. The van der Waals surface area contributed by atoms with Gasteiger partial charge in [-0.25, -0.2) is 4.79 Å². The first kappa shape index (κ1) is 20.3. The van der Waals surface area contributed by atoms with Gasteiger partial charge < -0.3 is 15.1 Å². The van der Waals surface area contributed by atoms with Gasteiger partial charge in [0.2, 0.25) is 0 Å². The number of fused-ring (bicyclic) bond motifs is 1. The predicted octanol–water partition coefficient (Wildman–Crippen LogP) is 2.76. The van der Waals surface area contributed by atoms with Crippen molar-refractivity contribution < 1.29 is 10.2 Å². The molecule has 3 fully saturated rings. The van der Waals surface area contributed by atoms with Crippen molar-refractivity contribution in [3.63, 3.8) is 0 Å². The fourth-order valence-corrected chi connectivity index (χ4v) is 6.18. The first-order chi connectivity index (χ1) is 14.6. The molecule has 2 saturated carbocycles. The molecule has 0 amide bonds. The molecule has 1 saturated heterocycles. The van der Waals surface area contributed by atoms with Crippen molar-refractivity contribution in [2.24, 2.45) is 11.3 Å². The lowest BCUT2D eigenvalue weighted by Gasteiger charge is -2.39. The lowest BCUT2D eigenvalue weighted by atomic mass is 9.76. The first-order valence-electron chi connectivity index (χ1n) is 11.8. The zero-order chi connectivity index (χ0) is 20.7. The standard InChI is InChI=1S/C24H35N3O3/c28-17-20(29)16-26-21-6-1-2-7-22(21)27(23(26)30)19-8-13-25(14-9-19)15-18-5-3-4-10-24(18)11-12-24/h1-2,6-7,18-20,28-29H,3-5,8-17H2/t18-,20-/m0/s1. The second kappa shape index (κ2) is 8.13. The number of aliphatic hydroxyl groups excluding tert-OH is 2. The Morgan fingerprint density at radius 2 is 1.77 bits per heavy atom. The van der Waals surface area contributed by atoms with E-state index in [1.54, 1.807) is 4.57 Å². The van der Waals surface area contributed by atoms with Gasteiger partial charge in [0, 0.05) is 25.7 Å². The Morgan fingerprint density at radius 1 is 1.03 bits per heavy atom. The summed E-state index contributed by atoms with van der Waals surface area (Å²) in [6.07, 6.45) is 9.64. The van der Waals surface area contributed by atoms with E-state index in [4.69, 9.17) is 0 Å². The molecular weight excluding hydrogens is 378 g/mol. The van der Waals surface area contributed by atoms with Crippen LogP contribution >= 0.6 is 0 Å². The van der Waals surface area contributed by atoms with Crippen LogP contribution in [-0.4, -0.2) is 56.6 Å². The van der Waals surface area contributed by atoms with Gasteiger partial charge in [-0.05, 0) is 62.0 Å². The molecule has 0 unspecified atom stereocenters. The third-order valence-corrected chi connectivity index (χ3v) is 8.11. The number of para-hydroxylation sites is 2. The number of likely N-dealkylation sites (tertiary alicyclic amines) is 1. The molecule has 0 radical (unpaired) electrons. The van der Waals surface area contributed by atoms with E-state index in [1.807, 2.05) is 28.8 Å². The average Bonchev–Trinajstić information content (AvgIpc) is 3.49. The van der Waals surface area contributed by atoms with Crippen LogP contribution in [0.5, 0.6) is 0 Å². The fourth-order valence-electron chi connectivity index (χ4n) is 6.18. The maximum Gasteiger partial charge on any atom is 0.329 e. The van der Waals surface area contributed by atoms with Gasteiger partial charge in [-0.2, -0.15) is 0 Å². The summed E-state index contributed by atoms with van der Waals surface area (Å²) >= 11 is 0. The quantitative estimate of drug-likeness (QED) is 0.764. The van der Waals surface area contributed by atoms with Crippen LogP contribution in [0.1, 0.15) is 57.4 Å². The Balaban J connectivity index is 1.31. The fraction of sp³-hybridized carbons (Fsp3) is 0.708. The lowest BCUT2D eigenvalue weighted by molar-refractivity contribution is 0.0807. The van der Waals surface area contributed by atoms with Crippen LogP contribution in [0.2, 0.25) is 0 Å². The minimum Gasteiger partial charge on any atom is -0.394 e. The van der Waals surface area contributed by atoms with Crippen molar-refractivity contribution in [2.45, 2.75) is 70.1 Å². The van der Waals surface area contributed by atoms with Crippen LogP contribution < -0.4 is 5.69 Å². The third-order valence-electron chi connectivity index (χ3n) is 8.11. The summed E-state index contributed by atoms with van der Waals surface area (Å²) in [7, 11) is 0. The number of hydrogen-bond acceptors (Lipinski definition) is 4. The van der Waals surface area contributed by atoms with Crippen LogP contribution in [-0.2, 0) is 6.54 Å². The van der Waals surface area contributed by atoms with Crippen LogP contribution in [0, 0.1) is 11.3 Å². The van der Waals surface area contributed by atoms with Crippen molar-refractivity contribution in [2.75, 3.05) is 26.2 Å². The molecule has 3 aliphatic rings. The molecule has 5 rings (SSSR count). The molecule has 2 N–H and O–H groups in total. The summed E-state index contributed by atoms with van der Waals surface area (Å²) in [5.74, 6) is 0.882. The Bertz CT molecular complexity index is 937.